The Morgan fingerprint density at radius 3 is 2.83 bits per heavy atom. The second kappa shape index (κ2) is 6.70. The molecule has 1 unspecified atom stereocenters. The monoisotopic (exact) mass is 330 g/mol. The SMILES string of the molecule is CC(CNC(=O)c1cn(-c2ccc(F)cc2)nn1)c1ccsc1. The van der Waals surface area contributed by atoms with Gasteiger partial charge in [0.1, 0.15) is 5.82 Å². The third kappa shape index (κ3) is 3.62. The van der Waals surface area contributed by atoms with Gasteiger partial charge >= 0.3 is 0 Å². The summed E-state index contributed by atoms with van der Waals surface area (Å²) in [7, 11) is 0. The third-order valence-corrected chi connectivity index (χ3v) is 4.20. The molecule has 0 aliphatic carbocycles. The van der Waals surface area contributed by atoms with Crippen LogP contribution in [0.4, 0.5) is 4.39 Å². The molecular formula is C16H15FN4OS. The predicted molar refractivity (Wildman–Crippen MR) is 86.4 cm³/mol. The molecule has 0 spiro atoms. The van der Waals surface area contributed by atoms with Crippen molar-refractivity contribution in [3.05, 3.63) is 64.4 Å². The fourth-order valence-electron chi connectivity index (χ4n) is 2.10. The molecule has 0 saturated heterocycles. The number of nitrogens with zero attached hydrogens (tertiary/aromatic N) is 3. The van der Waals surface area contributed by atoms with Crippen molar-refractivity contribution in [2.45, 2.75) is 12.8 Å². The van der Waals surface area contributed by atoms with E-state index in [1.165, 1.54) is 28.6 Å². The molecular weight excluding hydrogens is 315 g/mol. The second-order valence-electron chi connectivity index (χ2n) is 5.19. The largest absolute Gasteiger partial charge is 0.350 e. The van der Waals surface area contributed by atoms with Crippen LogP contribution in [0.15, 0.2) is 47.3 Å². The Balaban J connectivity index is 1.63. The quantitative estimate of drug-likeness (QED) is 0.782. The molecule has 5 nitrogen and oxygen atoms in total. The van der Waals surface area contributed by atoms with Crippen LogP contribution < -0.4 is 5.32 Å². The molecule has 118 valence electrons. The molecule has 1 aromatic carbocycles. The van der Waals surface area contributed by atoms with Crippen molar-refractivity contribution in [1.82, 2.24) is 20.3 Å². The Morgan fingerprint density at radius 2 is 2.13 bits per heavy atom. The molecule has 0 aliphatic heterocycles. The van der Waals surface area contributed by atoms with Gasteiger partial charge in [0.2, 0.25) is 0 Å². The van der Waals surface area contributed by atoms with E-state index < -0.39 is 0 Å². The van der Waals surface area contributed by atoms with Gasteiger partial charge in [0.15, 0.2) is 5.69 Å². The summed E-state index contributed by atoms with van der Waals surface area (Å²) >= 11 is 1.64. The average Bonchev–Trinajstić information content (AvgIpc) is 3.24. The summed E-state index contributed by atoms with van der Waals surface area (Å²) in [5, 5.41) is 14.7. The van der Waals surface area contributed by atoms with Crippen LogP contribution in [0.1, 0.15) is 28.9 Å². The molecule has 23 heavy (non-hydrogen) atoms. The average molecular weight is 330 g/mol. The first-order valence-electron chi connectivity index (χ1n) is 7.12. The molecule has 0 saturated carbocycles. The lowest BCUT2D eigenvalue weighted by Gasteiger charge is -2.10. The number of aromatic nitrogens is 3. The van der Waals surface area contributed by atoms with Gasteiger partial charge in [0, 0.05) is 6.54 Å². The van der Waals surface area contributed by atoms with E-state index in [0.717, 1.165) is 0 Å². The molecule has 2 heterocycles. The number of hydrogen-bond donors (Lipinski definition) is 1. The number of hydrogen-bond acceptors (Lipinski definition) is 4. The molecule has 3 aromatic rings. The van der Waals surface area contributed by atoms with Crippen LogP contribution in [-0.4, -0.2) is 27.4 Å². The Kier molecular flexibility index (Phi) is 4.47. The molecule has 0 fully saturated rings. The first-order chi connectivity index (χ1) is 11.1. The lowest BCUT2D eigenvalue weighted by molar-refractivity contribution is 0.0946. The predicted octanol–water partition coefficient (Wildman–Crippen LogP) is 3.00. The zero-order chi connectivity index (χ0) is 16.2. The molecule has 3 rings (SSSR count). The third-order valence-electron chi connectivity index (χ3n) is 3.50. The van der Waals surface area contributed by atoms with Crippen molar-refractivity contribution >= 4 is 17.2 Å². The van der Waals surface area contributed by atoms with Crippen molar-refractivity contribution in [3.63, 3.8) is 0 Å². The Morgan fingerprint density at radius 1 is 1.35 bits per heavy atom. The number of halogens is 1. The first-order valence-corrected chi connectivity index (χ1v) is 8.06. The Bertz CT molecular complexity index is 783. The number of carbonyl (C=O) groups is 1. The molecule has 2 aromatic heterocycles. The van der Waals surface area contributed by atoms with Gasteiger partial charge in [0.25, 0.3) is 5.91 Å². The van der Waals surface area contributed by atoms with Gasteiger partial charge in [-0.1, -0.05) is 12.1 Å². The molecule has 0 aliphatic rings. The van der Waals surface area contributed by atoms with Gasteiger partial charge in [-0.05, 0) is 52.6 Å². The maximum atomic E-state index is 12.9. The summed E-state index contributed by atoms with van der Waals surface area (Å²) in [6.45, 7) is 2.58. The minimum Gasteiger partial charge on any atom is -0.350 e. The highest BCUT2D eigenvalue weighted by atomic mass is 32.1. The van der Waals surface area contributed by atoms with Crippen LogP contribution in [0.25, 0.3) is 5.69 Å². The normalized spacial score (nSPS) is 12.1. The smallest absolute Gasteiger partial charge is 0.273 e. The lowest BCUT2D eigenvalue weighted by atomic mass is 10.1. The van der Waals surface area contributed by atoms with Gasteiger partial charge in [-0.25, -0.2) is 9.07 Å². The van der Waals surface area contributed by atoms with Crippen LogP contribution in [0, 0.1) is 5.82 Å². The van der Waals surface area contributed by atoms with Crippen LogP contribution >= 0.6 is 11.3 Å². The molecule has 1 amide bonds. The van der Waals surface area contributed by atoms with Crippen LogP contribution in [-0.2, 0) is 0 Å². The fourth-order valence-corrected chi connectivity index (χ4v) is 2.88. The number of thiophene rings is 1. The number of benzene rings is 1. The first kappa shape index (κ1) is 15.4. The molecule has 1 atom stereocenters. The van der Waals surface area contributed by atoms with Crippen LogP contribution in [0.2, 0.25) is 0 Å². The van der Waals surface area contributed by atoms with Gasteiger partial charge in [-0.3, -0.25) is 4.79 Å². The summed E-state index contributed by atoms with van der Waals surface area (Å²) in [6, 6.07) is 7.86. The van der Waals surface area contributed by atoms with Gasteiger partial charge < -0.3 is 5.32 Å². The highest BCUT2D eigenvalue weighted by Gasteiger charge is 2.13. The number of nitrogens with one attached hydrogen (secondary N) is 1. The fraction of sp³-hybridized carbons (Fsp3) is 0.188. The van der Waals surface area contributed by atoms with E-state index in [1.54, 1.807) is 23.5 Å². The topological polar surface area (TPSA) is 59.8 Å². The molecule has 0 radical (unpaired) electrons. The van der Waals surface area contributed by atoms with Gasteiger partial charge in [-0.2, -0.15) is 11.3 Å². The highest BCUT2D eigenvalue weighted by Crippen LogP contribution is 2.17. The molecule has 7 heteroatoms. The van der Waals surface area contributed by atoms with Crippen LogP contribution in [0.3, 0.4) is 0 Å². The van der Waals surface area contributed by atoms with Crippen molar-refractivity contribution in [2.75, 3.05) is 6.54 Å². The number of amides is 1. The standard InChI is InChI=1S/C16H15FN4OS/c1-11(12-6-7-23-10-12)8-18-16(22)15-9-21(20-19-15)14-4-2-13(17)3-5-14/h2-7,9-11H,8H2,1H3,(H,18,22). The minimum atomic E-state index is -0.325. The minimum absolute atomic E-state index is 0.229. The zero-order valence-corrected chi connectivity index (χ0v) is 13.3. The Labute approximate surface area is 136 Å². The van der Waals surface area contributed by atoms with E-state index in [1.807, 2.05) is 11.4 Å². The maximum Gasteiger partial charge on any atom is 0.273 e. The summed E-state index contributed by atoms with van der Waals surface area (Å²) in [5.74, 6) is -0.368. The van der Waals surface area contributed by atoms with E-state index in [4.69, 9.17) is 0 Å². The second-order valence-corrected chi connectivity index (χ2v) is 5.97. The van der Waals surface area contributed by atoms with Crippen molar-refractivity contribution in [1.29, 1.82) is 0 Å². The maximum absolute atomic E-state index is 12.9. The van der Waals surface area contributed by atoms with Crippen molar-refractivity contribution in [2.24, 2.45) is 0 Å². The van der Waals surface area contributed by atoms with Crippen LogP contribution in [0.5, 0.6) is 0 Å². The van der Waals surface area contributed by atoms with E-state index >= 15 is 0 Å². The summed E-state index contributed by atoms with van der Waals surface area (Å²) in [5.41, 5.74) is 2.07. The summed E-state index contributed by atoms with van der Waals surface area (Å²) < 4.78 is 14.4. The zero-order valence-electron chi connectivity index (χ0n) is 12.4. The lowest BCUT2D eigenvalue weighted by Crippen LogP contribution is -2.27. The van der Waals surface area contributed by atoms with E-state index in [9.17, 15) is 9.18 Å². The summed E-state index contributed by atoms with van der Waals surface area (Å²) in [4.78, 5) is 12.1. The van der Waals surface area contributed by atoms with E-state index in [2.05, 4.69) is 27.9 Å². The van der Waals surface area contributed by atoms with Gasteiger partial charge in [0.05, 0.1) is 11.9 Å². The summed E-state index contributed by atoms with van der Waals surface area (Å²) in [6.07, 6.45) is 1.53. The van der Waals surface area contributed by atoms with Crippen molar-refractivity contribution in [3.8, 4) is 5.69 Å². The van der Waals surface area contributed by atoms with E-state index in [-0.39, 0.29) is 23.3 Å². The number of rotatable bonds is 5. The highest BCUT2D eigenvalue weighted by molar-refractivity contribution is 7.07. The van der Waals surface area contributed by atoms with E-state index in [0.29, 0.717) is 12.2 Å². The molecule has 1 N–H and O–H groups in total. The Hall–Kier alpha value is -2.54. The van der Waals surface area contributed by atoms with Gasteiger partial charge in [-0.15, -0.1) is 5.10 Å². The molecule has 0 bridgehead atoms. The number of carbonyl (C=O) groups excluding carboxylic acids is 1. The van der Waals surface area contributed by atoms with Crippen molar-refractivity contribution < 1.29 is 9.18 Å².